The van der Waals surface area contributed by atoms with Crippen LogP contribution >= 0.6 is 0 Å². The first-order valence-electron chi connectivity index (χ1n) is 6.80. The van der Waals surface area contributed by atoms with Crippen molar-refractivity contribution < 1.29 is 14.3 Å². The van der Waals surface area contributed by atoms with Crippen molar-refractivity contribution in [3.63, 3.8) is 0 Å². The van der Waals surface area contributed by atoms with E-state index in [-0.39, 0.29) is 5.91 Å². The van der Waals surface area contributed by atoms with Gasteiger partial charge in [0, 0.05) is 5.69 Å². The second kappa shape index (κ2) is 6.79. The molecule has 2 aromatic rings. The molecule has 4 nitrogen and oxygen atoms in total. The number of methoxy groups -OCH3 is 2. The first-order valence-corrected chi connectivity index (χ1v) is 6.80. The maximum absolute atomic E-state index is 12.4. The largest absolute Gasteiger partial charge is 0.493 e. The van der Waals surface area contributed by atoms with E-state index in [4.69, 9.17) is 9.47 Å². The van der Waals surface area contributed by atoms with Gasteiger partial charge in [0.05, 0.1) is 19.8 Å². The molecule has 0 unspecified atom stereocenters. The number of hydrogen-bond donors (Lipinski definition) is 1. The Hall–Kier alpha value is -2.49. The molecule has 4 heteroatoms. The minimum absolute atomic E-state index is 0.227. The minimum atomic E-state index is -0.227. The molecule has 0 aromatic heterocycles. The highest BCUT2D eigenvalue weighted by Gasteiger charge is 2.16. The topological polar surface area (TPSA) is 47.6 Å². The third-order valence-electron chi connectivity index (χ3n) is 3.27. The Morgan fingerprint density at radius 3 is 2.33 bits per heavy atom. The molecule has 0 aliphatic rings. The van der Waals surface area contributed by atoms with Crippen LogP contribution in [0.2, 0.25) is 0 Å². The number of anilines is 1. The molecular weight excluding hydrogens is 266 g/mol. The summed E-state index contributed by atoms with van der Waals surface area (Å²) in [5.74, 6) is 0.740. The Labute approximate surface area is 124 Å². The Morgan fingerprint density at radius 1 is 1.05 bits per heavy atom. The average molecular weight is 285 g/mol. The van der Waals surface area contributed by atoms with Crippen LogP contribution in [0.15, 0.2) is 42.5 Å². The molecule has 2 aromatic carbocycles. The molecule has 1 N–H and O–H groups in total. The van der Waals surface area contributed by atoms with Crippen molar-refractivity contribution in [3.8, 4) is 11.5 Å². The Morgan fingerprint density at radius 2 is 1.76 bits per heavy atom. The fraction of sp³-hybridized carbons (Fsp3) is 0.235. The van der Waals surface area contributed by atoms with Crippen molar-refractivity contribution in [2.24, 2.45) is 0 Å². The summed E-state index contributed by atoms with van der Waals surface area (Å²) in [4.78, 5) is 12.4. The van der Waals surface area contributed by atoms with Gasteiger partial charge in [-0.2, -0.15) is 0 Å². The predicted molar refractivity (Wildman–Crippen MR) is 83.3 cm³/mol. The van der Waals surface area contributed by atoms with Crippen molar-refractivity contribution in [1.82, 2.24) is 0 Å². The summed E-state index contributed by atoms with van der Waals surface area (Å²) >= 11 is 0. The van der Waals surface area contributed by atoms with Crippen LogP contribution in [0.5, 0.6) is 11.5 Å². The Bertz CT molecular complexity index is 620. The summed E-state index contributed by atoms with van der Waals surface area (Å²) in [6, 6.07) is 13.0. The smallest absolute Gasteiger partial charge is 0.259 e. The number of carbonyl (C=O) groups excluding carboxylic acids is 1. The molecule has 0 spiro atoms. The van der Waals surface area contributed by atoms with E-state index >= 15 is 0 Å². The molecule has 2 rings (SSSR count). The van der Waals surface area contributed by atoms with Crippen molar-refractivity contribution >= 4 is 11.6 Å². The van der Waals surface area contributed by atoms with Crippen LogP contribution in [0.1, 0.15) is 22.8 Å². The molecule has 0 saturated carbocycles. The zero-order valence-corrected chi connectivity index (χ0v) is 12.5. The van der Waals surface area contributed by atoms with Gasteiger partial charge < -0.3 is 14.8 Å². The zero-order valence-electron chi connectivity index (χ0n) is 12.5. The molecule has 1 amide bonds. The second-order valence-electron chi connectivity index (χ2n) is 4.55. The van der Waals surface area contributed by atoms with E-state index in [9.17, 15) is 4.79 Å². The molecule has 0 aliphatic heterocycles. The van der Waals surface area contributed by atoms with Gasteiger partial charge in [0.15, 0.2) is 11.5 Å². The first-order chi connectivity index (χ1) is 10.2. The van der Waals surface area contributed by atoms with Gasteiger partial charge in [-0.25, -0.2) is 0 Å². The van der Waals surface area contributed by atoms with Crippen LogP contribution in [0.3, 0.4) is 0 Å². The zero-order chi connectivity index (χ0) is 15.2. The molecule has 110 valence electrons. The average Bonchev–Trinajstić information content (AvgIpc) is 2.54. The van der Waals surface area contributed by atoms with Gasteiger partial charge >= 0.3 is 0 Å². The van der Waals surface area contributed by atoms with Gasteiger partial charge in [-0.15, -0.1) is 0 Å². The first kappa shape index (κ1) is 14.9. The molecule has 21 heavy (non-hydrogen) atoms. The third kappa shape index (κ3) is 3.34. The van der Waals surface area contributed by atoms with Crippen LogP contribution in [0.25, 0.3) is 0 Å². The van der Waals surface area contributed by atoms with Crippen molar-refractivity contribution in [2.45, 2.75) is 13.3 Å². The van der Waals surface area contributed by atoms with Crippen molar-refractivity contribution in [3.05, 3.63) is 53.6 Å². The van der Waals surface area contributed by atoms with E-state index in [0.717, 1.165) is 12.1 Å². The van der Waals surface area contributed by atoms with E-state index in [2.05, 4.69) is 12.2 Å². The number of rotatable bonds is 5. The number of para-hydroxylation sites is 1. The van der Waals surface area contributed by atoms with E-state index < -0.39 is 0 Å². The number of hydrogen-bond acceptors (Lipinski definition) is 3. The lowest BCUT2D eigenvalue weighted by Gasteiger charge is -2.12. The third-order valence-corrected chi connectivity index (χ3v) is 3.27. The Kier molecular flexibility index (Phi) is 4.82. The monoisotopic (exact) mass is 285 g/mol. The number of nitrogens with one attached hydrogen (secondary N) is 1. The van der Waals surface area contributed by atoms with Crippen LogP contribution < -0.4 is 14.8 Å². The van der Waals surface area contributed by atoms with Crippen molar-refractivity contribution in [1.29, 1.82) is 0 Å². The number of carbonyl (C=O) groups is 1. The van der Waals surface area contributed by atoms with Crippen LogP contribution in [-0.4, -0.2) is 20.1 Å². The highest BCUT2D eigenvalue weighted by atomic mass is 16.5. The summed E-state index contributed by atoms with van der Waals surface area (Å²) in [5.41, 5.74) is 2.42. The lowest BCUT2D eigenvalue weighted by atomic mass is 10.1. The second-order valence-corrected chi connectivity index (χ2v) is 4.55. The fourth-order valence-electron chi connectivity index (χ4n) is 2.09. The van der Waals surface area contributed by atoms with Crippen molar-refractivity contribution in [2.75, 3.05) is 19.5 Å². The summed E-state index contributed by atoms with van der Waals surface area (Å²) in [6.45, 7) is 2.09. The van der Waals surface area contributed by atoms with Gasteiger partial charge in [0.25, 0.3) is 5.91 Å². The standard InChI is InChI=1S/C17H19NO3/c1-4-12-8-10-13(11-9-12)18-17(19)14-6-5-7-15(20-2)16(14)21-3/h5-11H,4H2,1-3H3,(H,18,19). The lowest BCUT2D eigenvalue weighted by Crippen LogP contribution is -2.13. The maximum atomic E-state index is 12.4. The molecule has 0 radical (unpaired) electrons. The molecule has 0 aliphatic carbocycles. The molecule has 0 atom stereocenters. The number of ether oxygens (including phenoxy) is 2. The highest BCUT2D eigenvalue weighted by molar-refractivity contribution is 6.06. The lowest BCUT2D eigenvalue weighted by molar-refractivity contribution is 0.102. The molecule has 0 heterocycles. The van der Waals surface area contributed by atoms with Gasteiger partial charge in [-0.1, -0.05) is 25.1 Å². The molecule has 0 bridgehead atoms. The minimum Gasteiger partial charge on any atom is -0.493 e. The molecule has 0 fully saturated rings. The number of aryl methyl sites for hydroxylation is 1. The number of benzene rings is 2. The number of amides is 1. The quantitative estimate of drug-likeness (QED) is 0.914. The van der Waals surface area contributed by atoms with Crippen LogP contribution in [0, 0.1) is 0 Å². The van der Waals surface area contributed by atoms with E-state index in [0.29, 0.717) is 17.1 Å². The van der Waals surface area contributed by atoms with Gasteiger partial charge in [-0.3, -0.25) is 4.79 Å². The molecular formula is C17H19NO3. The summed E-state index contributed by atoms with van der Waals surface area (Å²) in [5, 5.41) is 2.86. The van der Waals surface area contributed by atoms with Gasteiger partial charge in [0.1, 0.15) is 0 Å². The Balaban J connectivity index is 2.23. The predicted octanol–water partition coefficient (Wildman–Crippen LogP) is 3.52. The SMILES string of the molecule is CCc1ccc(NC(=O)c2cccc(OC)c2OC)cc1. The molecule has 0 saturated heterocycles. The summed E-state index contributed by atoms with van der Waals surface area (Å²) in [6.07, 6.45) is 0.970. The van der Waals surface area contributed by atoms with Gasteiger partial charge in [0.2, 0.25) is 0 Å². The highest BCUT2D eigenvalue weighted by Crippen LogP contribution is 2.31. The maximum Gasteiger partial charge on any atom is 0.259 e. The summed E-state index contributed by atoms with van der Waals surface area (Å²) < 4.78 is 10.5. The fourth-order valence-corrected chi connectivity index (χ4v) is 2.09. The van der Waals surface area contributed by atoms with E-state index in [1.807, 2.05) is 24.3 Å². The summed E-state index contributed by atoms with van der Waals surface area (Å²) in [7, 11) is 3.06. The van der Waals surface area contributed by atoms with E-state index in [1.165, 1.54) is 12.7 Å². The van der Waals surface area contributed by atoms with E-state index in [1.54, 1.807) is 25.3 Å². The van der Waals surface area contributed by atoms with Gasteiger partial charge in [-0.05, 0) is 36.2 Å². The normalized spacial score (nSPS) is 10.0. The van der Waals surface area contributed by atoms with Crippen LogP contribution in [0.4, 0.5) is 5.69 Å². The van der Waals surface area contributed by atoms with Crippen LogP contribution in [-0.2, 0) is 6.42 Å².